The average Bonchev–Trinajstić information content (AvgIpc) is 3.07. The first-order valence-corrected chi connectivity index (χ1v) is 7.82. The van der Waals surface area contributed by atoms with Gasteiger partial charge in [0.2, 0.25) is 5.95 Å². The lowest BCUT2D eigenvalue weighted by atomic mass is 9.94. The summed E-state index contributed by atoms with van der Waals surface area (Å²) in [4.78, 5) is 18.7. The van der Waals surface area contributed by atoms with Gasteiger partial charge < -0.3 is 15.0 Å². The van der Waals surface area contributed by atoms with Crippen LogP contribution in [0.15, 0.2) is 41.9 Å². The first-order valence-electron chi connectivity index (χ1n) is 7.82. The molecule has 0 fully saturated rings. The van der Waals surface area contributed by atoms with E-state index in [0.717, 1.165) is 16.9 Å². The van der Waals surface area contributed by atoms with Gasteiger partial charge in [-0.15, -0.1) is 0 Å². The van der Waals surface area contributed by atoms with E-state index in [9.17, 15) is 4.79 Å². The number of rotatable bonds is 4. The number of fused-ring (bicyclic) bond motifs is 1. The maximum Gasteiger partial charge on any atom is 0.338 e. The van der Waals surface area contributed by atoms with Crippen LogP contribution in [0.3, 0.4) is 0 Å². The summed E-state index contributed by atoms with van der Waals surface area (Å²) in [5, 5.41) is 7.48. The zero-order valence-electron chi connectivity index (χ0n) is 14.3. The second-order valence-electron chi connectivity index (χ2n) is 5.78. The van der Waals surface area contributed by atoms with Crippen LogP contribution in [0.5, 0.6) is 0 Å². The lowest BCUT2D eigenvalue weighted by molar-refractivity contribution is -0.136. The van der Waals surface area contributed by atoms with Crippen molar-refractivity contribution in [3.8, 4) is 0 Å². The van der Waals surface area contributed by atoms with E-state index in [4.69, 9.17) is 4.74 Å². The number of carbonyl (C=O) groups is 1. The second-order valence-corrected chi connectivity index (χ2v) is 5.78. The van der Waals surface area contributed by atoms with Crippen molar-refractivity contribution in [2.75, 3.05) is 31.4 Å². The number of ether oxygens (including phenoxy) is 1. The maximum atomic E-state index is 12.4. The Balaban J connectivity index is 2.14. The Kier molecular flexibility index (Phi) is 4.24. The highest BCUT2D eigenvalue weighted by atomic mass is 16.5. The molecule has 0 bridgehead atoms. The van der Waals surface area contributed by atoms with E-state index in [0.29, 0.717) is 17.9 Å². The fourth-order valence-electron chi connectivity index (χ4n) is 2.90. The summed E-state index contributed by atoms with van der Waals surface area (Å²) < 4.78 is 6.74. The highest BCUT2D eigenvalue weighted by molar-refractivity contribution is 5.92. The van der Waals surface area contributed by atoms with Crippen LogP contribution in [0.4, 0.5) is 11.6 Å². The number of esters is 1. The molecule has 0 saturated carbocycles. The summed E-state index contributed by atoms with van der Waals surface area (Å²) in [6.07, 6.45) is 2.15. The summed E-state index contributed by atoms with van der Waals surface area (Å²) in [6.45, 7) is 1.99. The quantitative estimate of drug-likeness (QED) is 0.868. The molecule has 0 saturated heterocycles. The molecule has 1 aromatic heterocycles. The zero-order valence-corrected chi connectivity index (χ0v) is 14.3. The third-order valence-electron chi connectivity index (χ3n) is 4.16. The fraction of sp³-hybridized carbons (Fsp3) is 0.353. The van der Waals surface area contributed by atoms with Gasteiger partial charge in [0, 0.05) is 25.5 Å². The van der Waals surface area contributed by atoms with Crippen LogP contribution in [-0.2, 0) is 9.53 Å². The molecular weight excluding hydrogens is 306 g/mol. The Morgan fingerprint density at radius 2 is 2.04 bits per heavy atom. The van der Waals surface area contributed by atoms with Crippen molar-refractivity contribution in [3.05, 3.63) is 47.4 Å². The molecule has 0 spiro atoms. The van der Waals surface area contributed by atoms with Gasteiger partial charge in [-0.2, -0.15) is 10.1 Å². The number of carbonyl (C=O) groups excluding carboxylic acids is 1. The topological polar surface area (TPSA) is 72.3 Å². The number of nitrogens with zero attached hydrogens (tertiary/aromatic N) is 4. The Morgan fingerprint density at radius 1 is 1.33 bits per heavy atom. The molecule has 0 radical (unpaired) electrons. The molecule has 0 unspecified atom stereocenters. The summed E-state index contributed by atoms with van der Waals surface area (Å²) in [5.41, 5.74) is 3.42. The molecule has 1 aromatic carbocycles. The van der Waals surface area contributed by atoms with Crippen molar-refractivity contribution in [1.82, 2.24) is 14.8 Å². The summed E-state index contributed by atoms with van der Waals surface area (Å²) in [7, 11) is 5.37. The Morgan fingerprint density at radius 3 is 2.62 bits per heavy atom. The van der Waals surface area contributed by atoms with E-state index < -0.39 is 0 Å². The molecule has 7 nitrogen and oxygen atoms in total. The van der Waals surface area contributed by atoms with Crippen LogP contribution in [0, 0.1) is 0 Å². The Bertz CT molecular complexity index is 777. The van der Waals surface area contributed by atoms with Crippen LogP contribution in [0.1, 0.15) is 24.9 Å². The molecule has 0 amide bonds. The molecule has 3 rings (SSSR count). The van der Waals surface area contributed by atoms with Gasteiger partial charge in [-0.25, -0.2) is 9.48 Å². The second kappa shape index (κ2) is 6.35. The van der Waals surface area contributed by atoms with Crippen molar-refractivity contribution in [3.63, 3.8) is 0 Å². The van der Waals surface area contributed by atoms with Crippen LogP contribution < -0.4 is 10.2 Å². The minimum atomic E-state index is -0.359. The largest absolute Gasteiger partial charge is 0.466 e. The molecule has 1 aliphatic heterocycles. The molecule has 1 N–H and O–H groups in total. The summed E-state index contributed by atoms with van der Waals surface area (Å²) in [6, 6.07) is 7.70. The van der Waals surface area contributed by atoms with Crippen molar-refractivity contribution in [2.45, 2.75) is 19.4 Å². The predicted octanol–water partition coefficient (Wildman–Crippen LogP) is 2.20. The molecule has 1 aliphatic rings. The highest BCUT2D eigenvalue weighted by Crippen LogP contribution is 2.36. The van der Waals surface area contributed by atoms with Gasteiger partial charge in [-0.05, 0) is 24.1 Å². The summed E-state index contributed by atoms with van der Waals surface area (Å²) >= 11 is 0. The number of anilines is 2. The standard InChI is InChI=1S/C17H21N5O2/c1-5-13-14(16(23)24-4)15(22-17(20-13)18-10-19-22)11-6-8-12(9-7-11)21(2)3/h6-10,15H,5H2,1-4H3,(H,18,19,20)/t15-/m0/s1. The normalized spacial score (nSPS) is 16.4. The van der Waals surface area contributed by atoms with Gasteiger partial charge in [0.05, 0.1) is 12.7 Å². The third kappa shape index (κ3) is 2.62. The number of nitrogens with one attached hydrogen (secondary N) is 1. The minimum absolute atomic E-state index is 0.359. The average molecular weight is 327 g/mol. The number of hydrogen-bond donors (Lipinski definition) is 1. The van der Waals surface area contributed by atoms with E-state index in [1.807, 2.05) is 50.2 Å². The van der Waals surface area contributed by atoms with E-state index in [-0.39, 0.29) is 12.0 Å². The predicted molar refractivity (Wildman–Crippen MR) is 91.9 cm³/mol. The highest BCUT2D eigenvalue weighted by Gasteiger charge is 2.34. The molecule has 7 heteroatoms. The molecule has 2 aromatic rings. The van der Waals surface area contributed by atoms with Crippen LogP contribution in [-0.4, -0.2) is 41.9 Å². The smallest absolute Gasteiger partial charge is 0.338 e. The number of aromatic nitrogens is 3. The number of methoxy groups -OCH3 is 1. The van der Waals surface area contributed by atoms with E-state index >= 15 is 0 Å². The van der Waals surface area contributed by atoms with Crippen molar-refractivity contribution in [2.24, 2.45) is 0 Å². The number of benzene rings is 1. The van der Waals surface area contributed by atoms with Gasteiger partial charge in [-0.1, -0.05) is 19.1 Å². The monoisotopic (exact) mass is 327 g/mol. The van der Waals surface area contributed by atoms with E-state index in [1.165, 1.54) is 13.4 Å². The lowest BCUT2D eigenvalue weighted by Gasteiger charge is -2.29. The molecule has 1 atom stereocenters. The molecular formula is C17H21N5O2. The van der Waals surface area contributed by atoms with Crippen molar-refractivity contribution >= 4 is 17.6 Å². The first-order chi connectivity index (χ1) is 11.6. The number of allylic oxidation sites excluding steroid dienone is 1. The van der Waals surface area contributed by atoms with Gasteiger partial charge in [0.25, 0.3) is 0 Å². The Hall–Kier alpha value is -2.83. The zero-order chi connectivity index (χ0) is 17.3. The van der Waals surface area contributed by atoms with E-state index in [2.05, 4.69) is 15.4 Å². The molecule has 2 heterocycles. The summed E-state index contributed by atoms with van der Waals surface area (Å²) in [5.74, 6) is 0.267. The van der Waals surface area contributed by atoms with E-state index in [1.54, 1.807) is 4.68 Å². The number of hydrogen-bond acceptors (Lipinski definition) is 6. The maximum absolute atomic E-state index is 12.4. The molecule has 126 valence electrons. The van der Waals surface area contributed by atoms with Crippen LogP contribution in [0.2, 0.25) is 0 Å². The van der Waals surface area contributed by atoms with Crippen LogP contribution in [0.25, 0.3) is 0 Å². The van der Waals surface area contributed by atoms with Gasteiger partial charge in [-0.3, -0.25) is 0 Å². The van der Waals surface area contributed by atoms with Crippen molar-refractivity contribution < 1.29 is 9.53 Å². The minimum Gasteiger partial charge on any atom is -0.466 e. The fourth-order valence-corrected chi connectivity index (χ4v) is 2.90. The lowest BCUT2D eigenvalue weighted by Crippen LogP contribution is -2.30. The third-order valence-corrected chi connectivity index (χ3v) is 4.16. The van der Waals surface area contributed by atoms with Gasteiger partial charge in [0.15, 0.2) is 0 Å². The first kappa shape index (κ1) is 16.0. The SMILES string of the molecule is CCC1=C(C(=O)OC)[C@H](c2ccc(N(C)C)cc2)n2ncnc2N1. The Labute approximate surface area is 140 Å². The van der Waals surface area contributed by atoms with Crippen LogP contribution >= 0.6 is 0 Å². The van der Waals surface area contributed by atoms with Crippen molar-refractivity contribution in [1.29, 1.82) is 0 Å². The molecule has 0 aliphatic carbocycles. The van der Waals surface area contributed by atoms with Gasteiger partial charge >= 0.3 is 5.97 Å². The van der Waals surface area contributed by atoms with Gasteiger partial charge in [0.1, 0.15) is 12.4 Å². The molecule has 24 heavy (non-hydrogen) atoms.